The molecule has 2 aliphatic rings. The van der Waals surface area contributed by atoms with Gasteiger partial charge in [-0.25, -0.2) is 0 Å². The molecule has 7 heteroatoms. The highest BCUT2D eigenvalue weighted by Gasteiger charge is 2.26. The second kappa shape index (κ2) is 8.37. The molecule has 2 atom stereocenters. The number of aryl methyl sites for hydroxylation is 1. The SMILES string of the molecule is O=C(NC[C@H]1CCn2ncc(C(=O)N[C@@H]3CC=CCC3)c2C1)c1cccnc1. The average Bonchev–Trinajstić information content (AvgIpc) is 3.17. The molecular weight excluding hydrogens is 354 g/mol. The van der Waals surface area contributed by atoms with Gasteiger partial charge in [-0.3, -0.25) is 19.3 Å². The number of carbonyl (C=O) groups is 2. The highest BCUT2D eigenvalue weighted by molar-refractivity contribution is 5.95. The Labute approximate surface area is 164 Å². The van der Waals surface area contributed by atoms with Gasteiger partial charge in [0.1, 0.15) is 0 Å². The summed E-state index contributed by atoms with van der Waals surface area (Å²) in [5, 5.41) is 10.5. The molecule has 1 aliphatic carbocycles. The van der Waals surface area contributed by atoms with Crippen molar-refractivity contribution in [1.29, 1.82) is 0 Å². The molecule has 4 rings (SSSR count). The van der Waals surface area contributed by atoms with Gasteiger partial charge in [0.25, 0.3) is 11.8 Å². The van der Waals surface area contributed by atoms with Crippen molar-refractivity contribution in [3.63, 3.8) is 0 Å². The van der Waals surface area contributed by atoms with Gasteiger partial charge >= 0.3 is 0 Å². The number of carbonyl (C=O) groups excluding carboxylic acids is 2. The van der Waals surface area contributed by atoms with E-state index >= 15 is 0 Å². The van der Waals surface area contributed by atoms with Crippen molar-refractivity contribution in [2.24, 2.45) is 5.92 Å². The van der Waals surface area contributed by atoms with Crippen molar-refractivity contribution >= 4 is 11.8 Å². The topological polar surface area (TPSA) is 88.9 Å². The molecule has 3 heterocycles. The van der Waals surface area contributed by atoms with Crippen LogP contribution in [0.2, 0.25) is 0 Å². The van der Waals surface area contributed by atoms with Crippen LogP contribution in [0, 0.1) is 5.92 Å². The van der Waals surface area contributed by atoms with Crippen LogP contribution in [0.1, 0.15) is 52.1 Å². The largest absolute Gasteiger partial charge is 0.352 e. The Morgan fingerprint density at radius 2 is 2.11 bits per heavy atom. The molecule has 0 spiro atoms. The van der Waals surface area contributed by atoms with Crippen LogP contribution in [0.15, 0.2) is 42.9 Å². The Bertz CT molecular complexity index is 874. The summed E-state index contributed by atoms with van der Waals surface area (Å²) in [7, 11) is 0. The van der Waals surface area contributed by atoms with Gasteiger partial charge in [0.05, 0.1) is 23.0 Å². The first-order valence-electron chi connectivity index (χ1n) is 9.89. The lowest BCUT2D eigenvalue weighted by Crippen LogP contribution is -2.37. The third-order valence-corrected chi connectivity index (χ3v) is 5.50. The van der Waals surface area contributed by atoms with Gasteiger partial charge in [-0.15, -0.1) is 0 Å². The van der Waals surface area contributed by atoms with Crippen molar-refractivity contribution in [2.45, 2.75) is 44.7 Å². The van der Waals surface area contributed by atoms with Gasteiger partial charge in [-0.2, -0.15) is 5.10 Å². The van der Waals surface area contributed by atoms with Crippen LogP contribution >= 0.6 is 0 Å². The predicted molar refractivity (Wildman–Crippen MR) is 105 cm³/mol. The van der Waals surface area contributed by atoms with E-state index in [1.54, 1.807) is 30.7 Å². The van der Waals surface area contributed by atoms with Crippen molar-refractivity contribution in [3.8, 4) is 0 Å². The molecule has 0 saturated carbocycles. The van der Waals surface area contributed by atoms with Gasteiger partial charge in [-0.05, 0) is 50.2 Å². The number of amides is 2. The fourth-order valence-electron chi connectivity index (χ4n) is 3.89. The van der Waals surface area contributed by atoms with Crippen LogP contribution < -0.4 is 10.6 Å². The van der Waals surface area contributed by atoms with E-state index in [9.17, 15) is 9.59 Å². The van der Waals surface area contributed by atoms with E-state index in [0.717, 1.165) is 44.3 Å². The molecule has 0 radical (unpaired) electrons. The molecule has 1 aliphatic heterocycles. The molecule has 2 aromatic heterocycles. The van der Waals surface area contributed by atoms with E-state index < -0.39 is 0 Å². The molecule has 0 bridgehead atoms. The first-order valence-corrected chi connectivity index (χ1v) is 9.89. The van der Waals surface area contributed by atoms with Crippen LogP contribution in [0.5, 0.6) is 0 Å². The number of allylic oxidation sites excluding steroid dienone is 1. The number of hydrogen-bond donors (Lipinski definition) is 2. The van der Waals surface area contributed by atoms with Gasteiger partial charge in [0.2, 0.25) is 0 Å². The molecular formula is C21H25N5O2. The lowest BCUT2D eigenvalue weighted by molar-refractivity contribution is 0.0924. The minimum absolute atomic E-state index is 0.0402. The van der Waals surface area contributed by atoms with E-state index in [0.29, 0.717) is 17.7 Å². The van der Waals surface area contributed by atoms with Gasteiger partial charge < -0.3 is 10.6 Å². The molecule has 28 heavy (non-hydrogen) atoms. The number of nitrogens with zero attached hydrogens (tertiary/aromatic N) is 3. The van der Waals surface area contributed by atoms with Crippen LogP contribution in [0.25, 0.3) is 0 Å². The highest BCUT2D eigenvalue weighted by Crippen LogP contribution is 2.23. The Morgan fingerprint density at radius 1 is 1.18 bits per heavy atom. The van der Waals surface area contributed by atoms with Crippen molar-refractivity contribution in [3.05, 3.63) is 59.7 Å². The smallest absolute Gasteiger partial charge is 0.254 e. The van der Waals surface area contributed by atoms with Gasteiger partial charge in [0.15, 0.2) is 0 Å². The average molecular weight is 379 g/mol. The number of hydrogen-bond acceptors (Lipinski definition) is 4. The normalized spacial score (nSPS) is 21.0. The maximum atomic E-state index is 12.7. The van der Waals surface area contributed by atoms with E-state index in [2.05, 4.69) is 32.9 Å². The quantitative estimate of drug-likeness (QED) is 0.779. The van der Waals surface area contributed by atoms with Gasteiger partial charge in [0, 0.05) is 31.5 Å². The standard InChI is InChI=1S/C21H25N5O2/c27-20(16-5-4-9-22-13-16)23-12-15-8-10-26-19(11-15)18(14-24-26)21(28)25-17-6-2-1-3-7-17/h1-2,4-5,9,13-15,17H,3,6-8,10-12H2,(H,23,27)(H,25,28)/t15-,17+/m0/s1. The Balaban J connectivity index is 1.36. The molecule has 2 N–H and O–H groups in total. The second-order valence-corrected chi connectivity index (χ2v) is 7.49. The molecule has 0 fully saturated rings. The summed E-state index contributed by atoms with van der Waals surface area (Å²) in [5.41, 5.74) is 2.19. The monoisotopic (exact) mass is 379 g/mol. The third kappa shape index (κ3) is 4.13. The molecule has 2 amide bonds. The summed E-state index contributed by atoms with van der Waals surface area (Å²) in [6.07, 6.45) is 13.7. The van der Waals surface area contributed by atoms with E-state index in [-0.39, 0.29) is 23.8 Å². The Morgan fingerprint density at radius 3 is 2.89 bits per heavy atom. The summed E-state index contributed by atoms with van der Waals surface area (Å²) in [6.45, 7) is 1.34. The fourth-order valence-corrected chi connectivity index (χ4v) is 3.89. The van der Waals surface area contributed by atoms with E-state index in [1.165, 1.54) is 0 Å². The highest BCUT2D eigenvalue weighted by atomic mass is 16.2. The Hall–Kier alpha value is -2.96. The summed E-state index contributed by atoms with van der Waals surface area (Å²) in [5.74, 6) is 0.131. The van der Waals surface area contributed by atoms with E-state index in [4.69, 9.17) is 0 Å². The van der Waals surface area contributed by atoms with Gasteiger partial charge in [-0.1, -0.05) is 12.2 Å². The van der Waals surface area contributed by atoms with Crippen LogP contribution in [-0.2, 0) is 13.0 Å². The zero-order chi connectivity index (χ0) is 19.3. The summed E-state index contributed by atoms with van der Waals surface area (Å²) < 4.78 is 1.93. The molecule has 146 valence electrons. The maximum Gasteiger partial charge on any atom is 0.254 e. The summed E-state index contributed by atoms with van der Waals surface area (Å²) in [6, 6.07) is 3.70. The second-order valence-electron chi connectivity index (χ2n) is 7.49. The molecule has 0 aromatic carbocycles. The van der Waals surface area contributed by atoms with E-state index in [1.807, 2.05) is 4.68 Å². The van der Waals surface area contributed by atoms with Crippen LogP contribution in [0.4, 0.5) is 0 Å². The third-order valence-electron chi connectivity index (χ3n) is 5.50. The zero-order valence-electron chi connectivity index (χ0n) is 15.8. The number of aromatic nitrogens is 3. The number of rotatable bonds is 5. The molecule has 2 aromatic rings. The zero-order valence-corrected chi connectivity index (χ0v) is 15.8. The first-order chi connectivity index (χ1) is 13.7. The number of pyridine rings is 1. The van der Waals surface area contributed by atoms with Crippen molar-refractivity contribution in [2.75, 3.05) is 6.54 Å². The minimum Gasteiger partial charge on any atom is -0.352 e. The van der Waals surface area contributed by atoms with Crippen molar-refractivity contribution < 1.29 is 9.59 Å². The first kappa shape index (κ1) is 18.4. The molecule has 0 saturated heterocycles. The van der Waals surface area contributed by atoms with Crippen LogP contribution in [-0.4, -0.2) is 39.2 Å². The van der Waals surface area contributed by atoms with Crippen LogP contribution in [0.3, 0.4) is 0 Å². The summed E-state index contributed by atoms with van der Waals surface area (Å²) in [4.78, 5) is 29.0. The molecule has 0 unspecified atom stereocenters. The lowest BCUT2D eigenvalue weighted by atomic mass is 9.93. The number of nitrogens with one attached hydrogen (secondary N) is 2. The fraction of sp³-hybridized carbons (Fsp3) is 0.429. The Kier molecular flexibility index (Phi) is 5.50. The minimum atomic E-state index is -0.115. The summed E-state index contributed by atoms with van der Waals surface area (Å²) >= 11 is 0. The van der Waals surface area contributed by atoms with Crippen molar-refractivity contribution in [1.82, 2.24) is 25.4 Å². The lowest BCUT2D eigenvalue weighted by Gasteiger charge is -2.25. The molecule has 7 nitrogen and oxygen atoms in total. The predicted octanol–water partition coefficient (Wildman–Crippen LogP) is 2.11. The maximum absolute atomic E-state index is 12.7. The number of fused-ring (bicyclic) bond motifs is 1.